The summed E-state index contributed by atoms with van der Waals surface area (Å²) in [4.78, 5) is 21.9. The monoisotopic (exact) mass is 254 g/mol. The molecule has 0 aliphatic heterocycles. The predicted molar refractivity (Wildman–Crippen MR) is 70.1 cm³/mol. The SMILES string of the molecule is C#CC(CCC)NC(=O)NCC(C)CCC(=O)O. The van der Waals surface area contributed by atoms with Crippen LogP contribution in [0.15, 0.2) is 0 Å². The Kier molecular flexibility index (Phi) is 8.46. The van der Waals surface area contributed by atoms with Gasteiger partial charge in [-0.3, -0.25) is 4.79 Å². The van der Waals surface area contributed by atoms with Crippen LogP contribution in [0.4, 0.5) is 4.79 Å². The lowest BCUT2D eigenvalue weighted by Gasteiger charge is -2.15. The smallest absolute Gasteiger partial charge is 0.315 e. The van der Waals surface area contributed by atoms with Gasteiger partial charge >= 0.3 is 12.0 Å². The van der Waals surface area contributed by atoms with E-state index in [1.807, 2.05) is 13.8 Å². The Labute approximate surface area is 108 Å². The number of carboxylic acid groups (broad SMARTS) is 1. The van der Waals surface area contributed by atoms with Crippen LogP contribution < -0.4 is 10.6 Å². The highest BCUT2D eigenvalue weighted by atomic mass is 16.4. The quantitative estimate of drug-likeness (QED) is 0.575. The van der Waals surface area contributed by atoms with E-state index in [2.05, 4.69) is 16.6 Å². The summed E-state index contributed by atoms with van der Waals surface area (Å²) in [6, 6.07) is -0.544. The molecule has 3 N–H and O–H groups in total. The summed E-state index contributed by atoms with van der Waals surface area (Å²) in [6.07, 6.45) is 7.60. The summed E-state index contributed by atoms with van der Waals surface area (Å²) in [5, 5.41) is 13.9. The summed E-state index contributed by atoms with van der Waals surface area (Å²) in [7, 11) is 0. The van der Waals surface area contributed by atoms with Crippen molar-refractivity contribution in [3.63, 3.8) is 0 Å². The van der Waals surface area contributed by atoms with Gasteiger partial charge < -0.3 is 15.7 Å². The van der Waals surface area contributed by atoms with Crippen LogP contribution in [0.25, 0.3) is 0 Å². The number of terminal acetylenes is 1. The van der Waals surface area contributed by atoms with E-state index in [-0.39, 0.29) is 24.4 Å². The number of carbonyl (C=O) groups excluding carboxylic acids is 1. The topological polar surface area (TPSA) is 78.4 Å². The minimum absolute atomic E-state index is 0.118. The molecule has 2 unspecified atom stereocenters. The lowest BCUT2D eigenvalue weighted by atomic mass is 10.1. The first-order valence-corrected chi connectivity index (χ1v) is 6.21. The van der Waals surface area contributed by atoms with Gasteiger partial charge in [0.15, 0.2) is 0 Å². The van der Waals surface area contributed by atoms with E-state index in [4.69, 9.17) is 11.5 Å². The molecule has 0 aromatic rings. The molecule has 18 heavy (non-hydrogen) atoms. The van der Waals surface area contributed by atoms with Gasteiger partial charge in [0.05, 0.1) is 6.04 Å². The van der Waals surface area contributed by atoms with E-state index in [9.17, 15) is 9.59 Å². The number of nitrogens with one attached hydrogen (secondary N) is 2. The van der Waals surface area contributed by atoms with Crippen molar-refractivity contribution in [1.29, 1.82) is 0 Å². The molecule has 0 rings (SSSR count). The number of rotatable bonds is 8. The zero-order valence-corrected chi connectivity index (χ0v) is 11.0. The van der Waals surface area contributed by atoms with Crippen molar-refractivity contribution in [2.75, 3.05) is 6.54 Å². The van der Waals surface area contributed by atoms with Crippen LogP contribution in [0, 0.1) is 18.3 Å². The van der Waals surface area contributed by atoms with E-state index < -0.39 is 5.97 Å². The Bertz CT molecular complexity index is 310. The summed E-state index contributed by atoms with van der Waals surface area (Å²) < 4.78 is 0. The van der Waals surface area contributed by atoms with Crippen LogP contribution in [0.3, 0.4) is 0 Å². The third-order valence-corrected chi connectivity index (χ3v) is 2.55. The van der Waals surface area contributed by atoms with Crippen LogP contribution in [0.1, 0.15) is 39.5 Å². The van der Waals surface area contributed by atoms with Gasteiger partial charge in [0.1, 0.15) is 0 Å². The highest BCUT2D eigenvalue weighted by Gasteiger charge is 2.10. The van der Waals surface area contributed by atoms with Crippen molar-refractivity contribution in [1.82, 2.24) is 10.6 Å². The van der Waals surface area contributed by atoms with Crippen LogP contribution in [0.5, 0.6) is 0 Å². The van der Waals surface area contributed by atoms with Crippen molar-refractivity contribution < 1.29 is 14.7 Å². The highest BCUT2D eigenvalue weighted by Crippen LogP contribution is 2.03. The second-order valence-electron chi connectivity index (χ2n) is 4.40. The molecule has 0 aliphatic rings. The van der Waals surface area contributed by atoms with E-state index in [1.165, 1.54) is 0 Å². The number of carbonyl (C=O) groups is 2. The first kappa shape index (κ1) is 16.3. The molecule has 2 atom stereocenters. The van der Waals surface area contributed by atoms with E-state index in [0.29, 0.717) is 13.0 Å². The molecule has 0 saturated carbocycles. The lowest BCUT2D eigenvalue weighted by Crippen LogP contribution is -2.42. The molecule has 0 saturated heterocycles. The second-order valence-corrected chi connectivity index (χ2v) is 4.40. The van der Waals surface area contributed by atoms with Gasteiger partial charge in [-0.15, -0.1) is 6.42 Å². The fourth-order valence-electron chi connectivity index (χ4n) is 1.43. The summed E-state index contributed by atoms with van der Waals surface area (Å²) in [6.45, 7) is 4.34. The van der Waals surface area contributed by atoms with Gasteiger partial charge in [-0.05, 0) is 18.8 Å². The molecule has 102 valence electrons. The van der Waals surface area contributed by atoms with Crippen LogP contribution >= 0.6 is 0 Å². The van der Waals surface area contributed by atoms with Crippen LogP contribution in [-0.2, 0) is 4.79 Å². The maximum absolute atomic E-state index is 11.5. The van der Waals surface area contributed by atoms with Crippen molar-refractivity contribution in [2.45, 2.75) is 45.6 Å². The Hall–Kier alpha value is -1.70. The Morgan fingerprint density at radius 1 is 1.39 bits per heavy atom. The van der Waals surface area contributed by atoms with Gasteiger partial charge in [-0.1, -0.05) is 26.2 Å². The lowest BCUT2D eigenvalue weighted by molar-refractivity contribution is -0.137. The molecule has 0 aromatic heterocycles. The third-order valence-electron chi connectivity index (χ3n) is 2.55. The number of urea groups is 1. The average Bonchev–Trinajstić information content (AvgIpc) is 2.33. The Morgan fingerprint density at radius 3 is 2.56 bits per heavy atom. The van der Waals surface area contributed by atoms with Crippen molar-refractivity contribution in [2.24, 2.45) is 5.92 Å². The van der Waals surface area contributed by atoms with Crippen LogP contribution in [0.2, 0.25) is 0 Å². The molecular weight excluding hydrogens is 232 g/mol. The molecule has 0 fully saturated rings. The van der Waals surface area contributed by atoms with E-state index in [0.717, 1.165) is 12.8 Å². The molecule has 0 spiro atoms. The first-order chi connectivity index (χ1) is 8.49. The zero-order chi connectivity index (χ0) is 14.0. The second kappa shape index (κ2) is 9.34. The normalized spacial score (nSPS) is 13.2. The molecule has 0 bridgehead atoms. The maximum atomic E-state index is 11.5. The zero-order valence-electron chi connectivity index (χ0n) is 11.0. The van der Waals surface area contributed by atoms with Gasteiger partial charge in [0, 0.05) is 13.0 Å². The molecule has 5 heteroatoms. The molecule has 0 radical (unpaired) electrons. The number of aliphatic carboxylic acids is 1. The number of amides is 2. The number of hydrogen-bond acceptors (Lipinski definition) is 2. The predicted octanol–water partition coefficient (Wildman–Crippen LogP) is 1.59. The molecular formula is C13H22N2O3. The fourth-order valence-corrected chi connectivity index (χ4v) is 1.43. The number of hydrogen-bond donors (Lipinski definition) is 3. The van der Waals surface area contributed by atoms with Gasteiger partial charge in [0.25, 0.3) is 0 Å². The largest absolute Gasteiger partial charge is 0.481 e. The van der Waals surface area contributed by atoms with Gasteiger partial charge in [-0.2, -0.15) is 0 Å². The van der Waals surface area contributed by atoms with Crippen molar-refractivity contribution in [3.8, 4) is 12.3 Å². The minimum Gasteiger partial charge on any atom is -0.481 e. The molecule has 0 aliphatic carbocycles. The van der Waals surface area contributed by atoms with Gasteiger partial charge in [0.2, 0.25) is 0 Å². The van der Waals surface area contributed by atoms with Crippen molar-refractivity contribution >= 4 is 12.0 Å². The average molecular weight is 254 g/mol. The summed E-state index contributed by atoms with van der Waals surface area (Å²) in [5.74, 6) is 1.82. The van der Waals surface area contributed by atoms with E-state index in [1.54, 1.807) is 0 Å². The highest BCUT2D eigenvalue weighted by molar-refractivity contribution is 5.74. The van der Waals surface area contributed by atoms with E-state index >= 15 is 0 Å². The summed E-state index contributed by atoms with van der Waals surface area (Å²) in [5.41, 5.74) is 0. The molecule has 0 aromatic carbocycles. The fraction of sp³-hybridized carbons (Fsp3) is 0.692. The van der Waals surface area contributed by atoms with Crippen LogP contribution in [-0.4, -0.2) is 29.7 Å². The number of carboxylic acids is 1. The van der Waals surface area contributed by atoms with Crippen molar-refractivity contribution in [3.05, 3.63) is 0 Å². The maximum Gasteiger partial charge on any atom is 0.315 e. The third kappa shape index (κ3) is 8.45. The van der Waals surface area contributed by atoms with Gasteiger partial charge in [-0.25, -0.2) is 4.79 Å². The molecule has 2 amide bonds. The minimum atomic E-state index is -0.818. The summed E-state index contributed by atoms with van der Waals surface area (Å²) >= 11 is 0. The molecule has 5 nitrogen and oxygen atoms in total. The molecule has 0 heterocycles. The Morgan fingerprint density at radius 2 is 2.06 bits per heavy atom. The first-order valence-electron chi connectivity index (χ1n) is 6.21. The standard InChI is InChI=1S/C13H22N2O3/c1-4-6-11(5-2)15-13(18)14-9-10(3)7-8-12(16)17/h2,10-11H,4,6-9H2,1,3H3,(H,16,17)(H2,14,15,18). The Balaban J connectivity index is 3.82.